The van der Waals surface area contributed by atoms with Crippen LogP contribution in [0.25, 0.3) is 11.5 Å². The SMILES string of the molecule is COc1ccc(-c2nnc(SCC(=O)c3cc(C)n(Cc4ccccc4Cl)c3C)o2)cc1. The first-order chi connectivity index (χ1) is 15.5. The molecule has 0 amide bonds. The molecule has 0 aliphatic rings. The van der Waals surface area contributed by atoms with Crippen LogP contribution in [-0.4, -0.2) is 33.4 Å². The summed E-state index contributed by atoms with van der Waals surface area (Å²) in [5.74, 6) is 1.37. The highest BCUT2D eigenvalue weighted by molar-refractivity contribution is 7.99. The molecule has 164 valence electrons. The van der Waals surface area contributed by atoms with Crippen LogP contribution in [0, 0.1) is 13.8 Å². The molecule has 2 aromatic heterocycles. The van der Waals surface area contributed by atoms with Gasteiger partial charge in [0.1, 0.15) is 5.75 Å². The van der Waals surface area contributed by atoms with E-state index in [1.165, 1.54) is 11.8 Å². The molecule has 2 aromatic carbocycles. The van der Waals surface area contributed by atoms with Gasteiger partial charge in [0.2, 0.25) is 5.89 Å². The zero-order chi connectivity index (χ0) is 22.7. The number of ether oxygens (including phenoxy) is 1. The van der Waals surface area contributed by atoms with E-state index in [1.807, 2.05) is 68.4 Å². The van der Waals surface area contributed by atoms with E-state index in [2.05, 4.69) is 14.8 Å². The average molecular weight is 468 g/mol. The predicted octanol–water partition coefficient (Wildman–Crippen LogP) is 5.84. The van der Waals surface area contributed by atoms with E-state index in [-0.39, 0.29) is 11.5 Å². The lowest BCUT2D eigenvalue weighted by atomic mass is 10.2. The number of hydrogen-bond acceptors (Lipinski definition) is 6. The second-order valence-electron chi connectivity index (χ2n) is 7.28. The summed E-state index contributed by atoms with van der Waals surface area (Å²) in [7, 11) is 1.61. The summed E-state index contributed by atoms with van der Waals surface area (Å²) in [5, 5.41) is 9.20. The number of methoxy groups -OCH3 is 1. The van der Waals surface area contributed by atoms with Gasteiger partial charge in [-0.05, 0) is 55.8 Å². The monoisotopic (exact) mass is 467 g/mol. The number of aryl methyl sites for hydroxylation is 1. The molecule has 0 unspecified atom stereocenters. The number of benzene rings is 2. The lowest BCUT2D eigenvalue weighted by Gasteiger charge is -2.11. The van der Waals surface area contributed by atoms with Gasteiger partial charge in [0.05, 0.1) is 12.9 Å². The minimum Gasteiger partial charge on any atom is -0.497 e. The van der Waals surface area contributed by atoms with Gasteiger partial charge in [-0.3, -0.25) is 4.79 Å². The van der Waals surface area contributed by atoms with E-state index >= 15 is 0 Å². The molecule has 0 spiro atoms. The minimum absolute atomic E-state index is 0.0118. The van der Waals surface area contributed by atoms with Crippen LogP contribution < -0.4 is 4.74 Å². The Bertz CT molecular complexity index is 1250. The summed E-state index contributed by atoms with van der Waals surface area (Å²) in [5.41, 5.74) is 4.42. The highest BCUT2D eigenvalue weighted by Crippen LogP contribution is 2.27. The van der Waals surface area contributed by atoms with Gasteiger partial charge in [0.25, 0.3) is 5.22 Å². The first-order valence-electron chi connectivity index (χ1n) is 10.0. The Morgan fingerprint density at radius 2 is 1.88 bits per heavy atom. The third-order valence-corrected chi connectivity index (χ3v) is 6.42. The molecule has 0 radical (unpaired) electrons. The van der Waals surface area contributed by atoms with E-state index in [0.29, 0.717) is 28.2 Å². The zero-order valence-electron chi connectivity index (χ0n) is 18.0. The summed E-state index contributed by atoms with van der Waals surface area (Å²) in [6.45, 7) is 4.57. The fourth-order valence-electron chi connectivity index (χ4n) is 3.45. The fraction of sp³-hybridized carbons (Fsp3) is 0.208. The Morgan fingerprint density at radius 1 is 1.12 bits per heavy atom. The van der Waals surface area contributed by atoms with Crippen LogP contribution in [0.15, 0.2) is 64.2 Å². The van der Waals surface area contributed by atoms with Crippen molar-refractivity contribution in [2.24, 2.45) is 0 Å². The van der Waals surface area contributed by atoms with Crippen molar-refractivity contribution >= 4 is 29.1 Å². The topological polar surface area (TPSA) is 70.2 Å². The summed E-state index contributed by atoms with van der Waals surface area (Å²) in [4.78, 5) is 12.9. The van der Waals surface area contributed by atoms with Crippen LogP contribution >= 0.6 is 23.4 Å². The van der Waals surface area contributed by atoms with E-state index in [0.717, 1.165) is 28.3 Å². The Morgan fingerprint density at radius 3 is 2.59 bits per heavy atom. The molecule has 0 aliphatic heterocycles. The molecule has 4 rings (SSSR count). The molecule has 0 fully saturated rings. The molecule has 0 saturated carbocycles. The molecule has 0 N–H and O–H groups in total. The molecule has 6 nitrogen and oxygen atoms in total. The van der Waals surface area contributed by atoms with Crippen molar-refractivity contribution in [3.05, 3.63) is 82.1 Å². The summed E-state index contributed by atoms with van der Waals surface area (Å²) in [6.07, 6.45) is 0. The maximum atomic E-state index is 12.9. The summed E-state index contributed by atoms with van der Waals surface area (Å²) in [6, 6.07) is 17.0. The number of nitrogens with zero attached hydrogens (tertiary/aromatic N) is 3. The van der Waals surface area contributed by atoms with E-state index in [9.17, 15) is 4.79 Å². The Kier molecular flexibility index (Phi) is 6.67. The number of carbonyl (C=O) groups excluding carboxylic acids is 1. The molecule has 8 heteroatoms. The van der Waals surface area contributed by atoms with Crippen LogP contribution in [0.2, 0.25) is 5.02 Å². The highest BCUT2D eigenvalue weighted by atomic mass is 35.5. The molecule has 32 heavy (non-hydrogen) atoms. The highest BCUT2D eigenvalue weighted by Gasteiger charge is 2.18. The zero-order valence-corrected chi connectivity index (χ0v) is 19.5. The van der Waals surface area contributed by atoms with Crippen molar-refractivity contribution in [3.63, 3.8) is 0 Å². The van der Waals surface area contributed by atoms with Gasteiger partial charge in [-0.25, -0.2) is 0 Å². The largest absolute Gasteiger partial charge is 0.497 e. The van der Waals surface area contributed by atoms with Gasteiger partial charge < -0.3 is 13.7 Å². The van der Waals surface area contributed by atoms with Gasteiger partial charge in [-0.2, -0.15) is 0 Å². The number of halogens is 1. The number of carbonyl (C=O) groups is 1. The molecule has 0 aliphatic carbocycles. The third-order valence-electron chi connectivity index (χ3n) is 5.23. The molecule has 2 heterocycles. The number of Topliss-reactive ketones (excluding diaryl/α,β-unsaturated/α-hetero) is 1. The number of hydrogen-bond donors (Lipinski definition) is 0. The molecular formula is C24H22ClN3O3S. The quantitative estimate of drug-likeness (QED) is 0.239. The lowest BCUT2D eigenvalue weighted by Crippen LogP contribution is -2.08. The molecule has 0 saturated heterocycles. The average Bonchev–Trinajstić information content (AvgIpc) is 3.39. The van der Waals surface area contributed by atoms with E-state index < -0.39 is 0 Å². The number of aromatic nitrogens is 3. The van der Waals surface area contributed by atoms with Crippen LogP contribution in [0.1, 0.15) is 27.3 Å². The Balaban J connectivity index is 1.43. The maximum Gasteiger partial charge on any atom is 0.277 e. The van der Waals surface area contributed by atoms with Gasteiger partial charge in [-0.15, -0.1) is 10.2 Å². The number of ketones is 1. The second-order valence-corrected chi connectivity index (χ2v) is 8.61. The standard InChI is InChI=1S/C24H22ClN3O3S/c1-15-12-20(16(2)28(15)13-18-6-4-5-7-21(18)25)22(29)14-32-24-27-26-23(31-24)17-8-10-19(30-3)11-9-17/h4-12H,13-14H2,1-3H3. The van der Waals surface area contributed by atoms with Crippen LogP contribution in [0.3, 0.4) is 0 Å². The number of rotatable bonds is 8. The van der Waals surface area contributed by atoms with Crippen molar-refractivity contribution < 1.29 is 13.9 Å². The smallest absolute Gasteiger partial charge is 0.277 e. The first-order valence-corrected chi connectivity index (χ1v) is 11.4. The van der Waals surface area contributed by atoms with Gasteiger partial charge in [0.15, 0.2) is 5.78 Å². The molecule has 0 bridgehead atoms. The van der Waals surface area contributed by atoms with E-state index in [4.69, 9.17) is 20.8 Å². The summed E-state index contributed by atoms with van der Waals surface area (Å²) >= 11 is 7.55. The van der Waals surface area contributed by atoms with Crippen molar-refractivity contribution in [1.29, 1.82) is 0 Å². The summed E-state index contributed by atoms with van der Waals surface area (Å²) < 4.78 is 13.0. The van der Waals surface area contributed by atoms with Crippen LogP contribution in [-0.2, 0) is 6.54 Å². The maximum absolute atomic E-state index is 12.9. The fourth-order valence-corrected chi connectivity index (χ4v) is 4.29. The van der Waals surface area contributed by atoms with Gasteiger partial charge in [0, 0.05) is 34.1 Å². The van der Waals surface area contributed by atoms with Crippen LogP contribution in [0.4, 0.5) is 0 Å². The van der Waals surface area contributed by atoms with Crippen LogP contribution in [0.5, 0.6) is 5.75 Å². The molecular weight excluding hydrogens is 446 g/mol. The van der Waals surface area contributed by atoms with Crippen molar-refractivity contribution in [3.8, 4) is 17.2 Å². The number of thioether (sulfide) groups is 1. The van der Waals surface area contributed by atoms with Crippen molar-refractivity contribution in [1.82, 2.24) is 14.8 Å². The second kappa shape index (κ2) is 9.63. The molecule has 4 aromatic rings. The van der Waals surface area contributed by atoms with Crippen molar-refractivity contribution in [2.75, 3.05) is 12.9 Å². The minimum atomic E-state index is 0.0118. The normalized spacial score (nSPS) is 11.0. The molecule has 0 atom stereocenters. The lowest BCUT2D eigenvalue weighted by molar-refractivity contribution is 0.102. The van der Waals surface area contributed by atoms with E-state index in [1.54, 1.807) is 7.11 Å². The Hall–Kier alpha value is -3.03. The van der Waals surface area contributed by atoms with Gasteiger partial charge in [-0.1, -0.05) is 41.6 Å². The third kappa shape index (κ3) is 4.74. The predicted molar refractivity (Wildman–Crippen MR) is 126 cm³/mol. The van der Waals surface area contributed by atoms with Gasteiger partial charge >= 0.3 is 0 Å². The first kappa shape index (κ1) is 22.2. The van der Waals surface area contributed by atoms with Crippen molar-refractivity contribution in [2.45, 2.75) is 25.6 Å². The Labute approximate surface area is 195 Å².